The van der Waals surface area contributed by atoms with Gasteiger partial charge in [-0.25, -0.2) is 9.59 Å². The molecule has 7 nitrogen and oxygen atoms in total. The van der Waals surface area contributed by atoms with Crippen LogP contribution in [-0.2, 0) is 14.3 Å². The predicted molar refractivity (Wildman–Crippen MR) is 63.2 cm³/mol. The molecule has 2 heterocycles. The lowest BCUT2D eigenvalue weighted by Gasteiger charge is -2.32. The van der Waals surface area contributed by atoms with Gasteiger partial charge in [-0.1, -0.05) is 0 Å². The number of carbonyl (C=O) groups excluding carboxylic acids is 2. The van der Waals surface area contributed by atoms with Gasteiger partial charge in [0.05, 0.1) is 13.7 Å². The molecular formula is C11H19N3O4. The van der Waals surface area contributed by atoms with Crippen molar-refractivity contribution in [2.75, 3.05) is 53.0 Å². The van der Waals surface area contributed by atoms with Crippen molar-refractivity contribution >= 4 is 12.0 Å². The summed E-state index contributed by atoms with van der Waals surface area (Å²) in [6, 6.07) is -0.00669. The second-order valence-electron chi connectivity index (χ2n) is 4.40. The summed E-state index contributed by atoms with van der Waals surface area (Å²) in [6.07, 6.45) is -0.504. The molecule has 0 aromatic heterocycles. The molecule has 2 rings (SSSR count). The van der Waals surface area contributed by atoms with Gasteiger partial charge in [0.1, 0.15) is 0 Å². The Morgan fingerprint density at radius 3 is 3.00 bits per heavy atom. The molecule has 1 N–H and O–H groups in total. The number of carbonyl (C=O) groups is 2. The van der Waals surface area contributed by atoms with Crippen LogP contribution >= 0.6 is 0 Å². The maximum atomic E-state index is 11.4. The zero-order valence-electron chi connectivity index (χ0n) is 10.6. The normalized spacial score (nSPS) is 25.1. The van der Waals surface area contributed by atoms with Crippen molar-refractivity contribution < 1.29 is 19.1 Å². The summed E-state index contributed by atoms with van der Waals surface area (Å²) >= 11 is 0. The quantitative estimate of drug-likeness (QED) is 0.646. The number of esters is 1. The highest BCUT2D eigenvalue weighted by atomic mass is 16.6. The minimum Gasteiger partial charge on any atom is -0.467 e. The molecule has 2 fully saturated rings. The molecule has 1 unspecified atom stereocenters. The second-order valence-corrected chi connectivity index (χ2v) is 4.40. The first-order valence-corrected chi connectivity index (χ1v) is 6.15. The third kappa shape index (κ3) is 3.11. The van der Waals surface area contributed by atoms with Crippen molar-refractivity contribution in [3.8, 4) is 0 Å². The highest BCUT2D eigenvalue weighted by Crippen LogP contribution is 2.07. The lowest BCUT2D eigenvalue weighted by molar-refractivity contribution is -0.159. The van der Waals surface area contributed by atoms with Gasteiger partial charge >= 0.3 is 12.0 Å². The average molecular weight is 257 g/mol. The van der Waals surface area contributed by atoms with Crippen LogP contribution in [0.25, 0.3) is 0 Å². The van der Waals surface area contributed by atoms with Gasteiger partial charge in [0.2, 0.25) is 0 Å². The van der Waals surface area contributed by atoms with Crippen molar-refractivity contribution in [2.24, 2.45) is 0 Å². The molecule has 2 aliphatic rings. The number of nitrogens with one attached hydrogen (secondary N) is 1. The molecule has 0 aromatic rings. The minimum absolute atomic E-state index is 0.00669. The number of rotatable bonds is 4. The standard InChI is InChI=1S/C11H19N3O4/c1-17-10(15)9-8-13(6-7-18-9)4-5-14-3-2-12-11(14)16/h9H,2-8H2,1H3,(H,12,16). The van der Waals surface area contributed by atoms with E-state index in [1.54, 1.807) is 4.90 Å². The van der Waals surface area contributed by atoms with Crippen LogP contribution in [0.1, 0.15) is 0 Å². The Morgan fingerprint density at radius 2 is 2.33 bits per heavy atom. The van der Waals surface area contributed by atoms with Gasteiger partial charge in [-0.05, 0) is 0 Å². The summed E-state index contributed by atoms with van der Waals surface area (Å²) in [5.74, 6) is -0.335. The maximum Gasteiger partial charge on any atom is 0.336 e. The van der Waals surface area contributed by atoms with Gasteiger partial charge in [-0.2, -0.15) is 0 Å². The Hall–Kier alpha value is -1.34. The Bertz CT molecular complexity index is 323. The Labute approximate surface area is 106 Å². The fourth-order valence-electron chi connectivity index (χ4n) is 2.17. The zero-order chi connectivity index (χ0) is 13.0. The average Bonchev–Trinajstić information content (AvgIpc) is 2.81. The van der Waals surface area contributed by atoms with E-state index in [1.165, 1.54) is 7.11 Å². The van der Waals surface area contributed by atoms with Gasteiger partial charge in [-0.3, -0.25) is 4.90 Å². The van der Waals surface area contributed by atoms with E-state index in [1.807, 2.05) is 0 Å². The lowest BCUT2D eigenvalue weighted by Crippen LogP contribution is -2.48. The van der Waals surface area contributed by atoms with Crippen LogP contribution in [0, 0.1) is 0 Å². The summed E-state index contributed by atoms with van der Waals surface area (Å²) in [7, 11) is 1.36. The van der Waals surface area contributed by atoms with E-state index in [-0.39, 0.29) is 12.0 Å². The van der Waals surface area contributed by atoms with Gasteiger partial charge in [-0.15, -0.1) is 0 Å². The summed E-state index contributed by atoms with van der Waals surface area (Å²) in [5.41, 5.74) is 0. The molecule has 2 amide bonds. The molecular weight excluding hydrogens is 238 g/mol. The second kappa shape index (κ2) is 6.01. The van der Waals surface area contributed by atoms with Crippen LogP contribution in [0.2, 0.25) is 0 Å². The van der Waals surface area contributed by atoms with E-state index in [9.17, 15) is 9.59 Å². The number of methoxy groups -OCH3 is 1. The molecule has 18 heavy (non-hydrogen) atoms. The van der Waals surface area contributed by atoms with Crippen molar-refractivity contribution in [3.63, 3.8) is 0 Å². The Morgan fingerprint density at radius 1 is 1.50 bits per heavy atom. The Balaban J connectivity index is 1.75. The molecule has 7 heteroatoms. The van der Waals surface area contributed by atoms with Crippen molar-refractivity contribution in [1.82, 2.24) is 15.1 Å². The first-order chi connectivity index (χ1) is 8.70. The van der Waals surface area contributed by atoms with Crippen LogP contribution in [0.15, 0.2) is 0 Å². The third-order valence-corrected chi connectivity index (χ3v) is 3.25. The van der Waals surface area contributed by atoms with Gasteiger partial charge in [0.25, 0.3) is 0 Å². The van der Waals surface area contributed by atoms with Crippen LogP contribution in [0.5, 0.6) is 0 Å². The van der Waals surface area contributed by atoms with Crippen LogP contribution in [0.4, 0.5) is 4.79 Å². The van der Waals surface area contributed by atoms with Crippen molar-refractivity contribution in [2.45, 2.75) is 6.10 Å². The largest absolute Gasteiger partial charge is 0.467 e. The summed E-state index contributed by atoms with van der Waals surface area (Å²) < 4.78 is 10.0. The van der Waals surface area contributed by atoms with Crippen molar-refractivity contribution in [1.29, 1.82) is 0 Å². The van der Waals surface area contributed by atoms with E-state index in [4.69, 9.17) is 4.74 Å². The number of morpholine rings is 1. The Kier molecular flexibility index (Phi) is 4.38. The fourth-order valence-corrected chi connectivity index (χ4v) is 2.17. The number of nitrogens with zero attached hydrogens (tertiary/aromatic N) is 2. The molecule has 1 atom stereocenters. The van der Waals surface area contributed by atoms with E-state index >= 15 is 0 Å². The first-order valence-electron chi connectivity index (χ1n) is 6.15. The highest BCUT2D eigenvalue weighted by Gasteiger charge is 2.28. The molecule has 0 saturated carbocycles. The maximum absolute atomic E-state index is 11.4. The molecule has 0 aromatic carbocycles. The first kappa shape index (κ1) is 13.1. The smallest absolute Gasteiger partial charge is 0.336 e. The summed E-state index contributed by atoms with van der Waals surface area (Å²) in [4.78, 5) is 26.6. The molecule has 0 aliphatic carbocycles. The van der Waals surface area contributed by atoms with Gasteiger partial charge in [0, 0.05) is 39.3 Å². The molecule has 2 aliphatic heterocycles. The van der Waals surface area contributed by atoms with E-state index in [2.05, 4.69) is 15.0 Å². The molecule has 0 spiro atoms. The topological polar surface area (TPSA) is 71.1 Å². The molecule has 102 valence electrons. The predicted octanol–water partition coefficient (Wildman–Crippen LogP) is -1.11. The van der Waals surface area contributed by atoms with Crippen LogP contribution < -0.4 is 5.32 Å². The van der Waals surface area contributed by atoms with Crippen LogP contribution in [-0.4, -0.2) is 80.9 Å². The van der Waals surface area contributed by atoms with Crippen LogP contribution in [0.3, 0.4) is 0 Å². The summed E-state index contributed by atoms with van der Waals surface area (Å²) in [6.45, 7) is 4.73. The number of amides is 2. The third-order valence-electron chi connectivity index (χ3n) is 3.25. The fraction of sp³-hybridized carbons (Fsp3) is 0.818. The zero-order valence-corrected chi connectivity index (χ0v) is 10.6. The van der Waals surface area contributed by atoms with E-state index in [0.717, 1.165) is 19.6 Å². The number of hydrogen-bond donors (Lipinski definition) is 1. The van der Waals surface area contributed by atoms with Gasteiger partial charge in [0.15, 0.2) is 6.10 Å². The molecule has 0 radical (unpaired) electrons. The molecule has 2 saturated heterocycles. The SMILES string of the molecule is COC(=O)C1CN(CCN2CCNC2=O)CCO1. The number of urea groups is 1. The van der Waals surface area contributed by atoms with E-state index in [0.29, 0.717) is 26.2 Å². The minimum atomic E-state index is -0.504. The lowest BCUT2D eigenvalue weighted by atomic mass is 10.2. The summed E-state index contributed by atoms with van der Waals surface area (Å²) in [5, 5.41) is 2.76. The van der Waals surface area contributed by atoms with Crippen molar-refractivity contribution in [3.05, 3.63) is 0 Å². The number of ether oxygens (including phenoxy) is 2. The highest BCUT2D eigenvalue weighted by molar-refractivity contribution is 5.76. The molecule has 0 bridgehead atoms. The van der Waals surface area contributed by atoms with Gasteiger partial charge < -0.3 is 19.7 Å². The van der Waals surface area contributed by atoms with E-state index < -0.39 is 6.10 Å². The monoisotopic (exact) mass is 257 g/mol. The number of hydrogen-bond acceptors (Lipinski definition) is 5.